The summed E-state index contributed by atoms with van der Waals surface area (Å²) in [7, 11) is 0. The minimum Gasteiger partial charge on any atom is -0.481 e. The Kier molecular flexibility index (Phi) is 7.39. The fourth-order valence-corrected chi connectivity index (χ4v) is 2.23. The summed E-state index contributed by atoms with van der Waals surface area (Å²) in [5, 5.41) is 18.4. The van der Waals surface area contributed by atoms with E-state index in [2.05, 4.69) is 13.8 Å². The highest BCUT2D eigenvalue weighted by molar-refractivity contribution is 5.71. The van der Waals surface area contributed by atoms with Crippen LogP contribution in [0.4, 0.5) is 0 Å². The number of carboxylic acid groups (broad SMARTS) is 1. The van der Waals surface area contributed by atoms with Crippen molar-refractivity contribution in [3.63, 3.8) is 0 Å². The summed E-state index contributed by atoms with van der Waals surface area (Å²) < 4.78 is 0. The summed E-state index contributed by atoms with van der Waals surface area (Å²) in [5.41, 5.74) is -0.257. The highest BCUT2D eigenvalue weighted by atomic mass is 16.4. The SMILES string of the molecule is CCCCC(C)(CCCC)C(CO)C(=O)O. The standard InChI is InChI=1S/C13H26O3/c1-4-6-8-13(3,9-7-5-2)11(10-14)12(15)16/h11,14H,4-10H2,1-3H3,(H,15,16). The van der Waals surface area contributed by atoms with Gasteiger partial charge in [-0.2, -0.15) is 0 Å². The number of aliphatic carboxylic acids is 1. The van der Waals surface area contributed by atoms with E-state index >= 15 is 0 Å². The fourth-order valence-electron chi connectivity index (χ4n) is 2.23. The van der Waals surface area contributed by atoms with Crippen LogP contribution in [-0.4, -0.2) is 22.8 Å². The number of unbranched alkanes of at least 4 members (excludes halogenated alkanes) is 2. The zero-order chi connectivity index (χ0) is 12.6. The van der Waals surface area contributed by atoms with Crippen LogP contribution >= 0.6 is 0 Å². The Morgan fingerprint density at radius 3 is 1.88 bits per heavy atom. The van der Waals surface area contributed by atoms with Gasteiger partial charge in [-0.15, -0.1) is 0 Å². The van der Waals surface area contributed by atoms with Crippen molar-refractivity contribution in [1.82, 2.24) is 0 Å². The third-order valence-electron chi connectivity index (χ3n) is 3.52. The van der Waals surface area contributed by atoms with Crippen molar-refractivity contribution in [3.05, 3.63) is 0 Å². The molecule has 0 aromatic rings. The van der Waals surface area contributed by atoms with E-state index in [0.29, 0.717) is 0 Å². The van der Waals surface area contributed by atoms with E-state index in [4.69, 9.17) is 5.11 Å². The molecule has 0 heterocycles. The van der Waals surface area contributed by atoms with E-state index in [-0.39, 0.29) is 12.0 Å². The van der Waals surface area contributed by atoms with E-state index in [1.807, 2.05) is 6.92 Å². The van der Waals surface area contributed by atoms with Gasteiger partial charge in [0.1, 0.15) is 0 Å². The van der Waals surface area contributed by atoms with Crippen molar-refractivity contribution in [1.29, 1.82) is 0 Å². The summed E-state index contributed by atoms with van der Waals surface area (Å²) in [5.74, 6) is -1.48. The molecule has 0 amide bonds. The Labute approximate surface area is 98.9 Å². The number of aliphatic hydroxyl groups excluding tert-OH is 1. The molecule has 0 aliphatic rings. The van der Waals surface area contributed by atoms with E-state index in [9.17, 15) is 9.90 Å². The molecule has 1 atom stereocenters. The van der Waals surface area contributed by atoms with Crippen LogP contribution in [0.1, 0.15) is 59.3 Å². The number of carbonyl (C=O) groups is 1. The smallest absolute Gasteiger partial charge is 0.309 e. The largest absolute Gasteiger partial charge is 0.481 e. The van der Waals surface area contributed by atoms with Crippen molar-refractivity contribution < 1.29 is 15.0 Å². The fraction of sp³-hybridized carbons (Fsp3) is 0.923. The quantitative estimate of drug-likeness (QED) is 0.640. The molecule has 0 aromatic carbocycles. The van der Waals surface area contributed by atoms with Crippen LogP contribution < -0.4 is 0 Å². The van der Waals surface area contributed by atoms with Gasteiger partial charge in [0.05, 0.1) is 12.5 Å². The van der Waals surface area contributed by atoms with Crippen LogP contribution in [0.25, 0.3) is 0 Å². The first-order valence-corrected chi connectivity index (χ1v) is 6.35. The third kappa shape index (κ3) is 4.52. The Balaban J connectivity index is 4.65. The average Bonchev–Trinajstić information content (AvgIpc) is 2.24. The van der Waals surface area contributed by atoms with Crippen LogP contribution in [0.15, 0.2) is 0 Å². The summed E-state index contributed by atoms with van der Waals surface area (Å²) in [6, 6.07) is 0. The minimum absolute atomic E-state index is 0.251. The van der Waals surface area contributed by atoms with Gasteiger partial charge in [0.25, 0.3) is 0 Å². The Morgan fingerprint density at radius 1 is 1.19 bits per heavy atom. The number of hydrogen-bond donors (Lipinski definition) is 2. The van der Waals surface area contributed by atoms with Gasteiger partial charge in [0.2, 0.25) is 0 Å². The summed E-state index contributed by atoms with van der Waals surface area (Å²) in [6.07, 6.45) is 5.98. The van der Waals surface area contributed by atoms with Crippen molar-refractivity contribution in [3.8, 4) is 0 Å². The van der Waals surface area contributed by atoms with Crippen LogP contribution in [0, 0.1) is 11.3 Å². The number of hydrogen-bond acceptors (Lipinski definition) is 2. The number of carboxylic acids is 1. The van der Waals surface area contributed by atoms with Crippen LogP contribution in [0.3, 0.4) is 0 Å². The third-order valence-corrected chi connectivity index (χ3v) is 3.52. The van der Waals surface area contributed by atoms with Crippen molar-refractivity contribution >= 4 is 5.97 Å². The number of rotatable bonds is 9. The molecule has 96 valence electrons. The Bertz CT molecular complexity index is 193. The lowest BCUT2D eigenvalue weighted by Gasteiger charge is -2.34. The van der Waals surface area contributed by atoms with E-state index in [1.165, 1.54) is 0 Å². The maximum Gasteiger partial charge on any atom is 0.309 e. The Morgan fingerprint density at radius 2 is 1.62 bits per heavy atom. The summed E-state index contributed by atoms with van der Waals surface area (Å²) in [6.45, 7) is 5.97. The monoisotopic (exact) mass is 230 g/mol. The molecule has 0 aliphatic heterocycles. The van der Waals surface area contributed by atoms with Crippen molar-refractivity contribution in [2.45, 2.75) is 59.3 Å². The summed E-state index contributed by atoms with van der Waals surface area (Å²) >= 11 is 0. The van der Waals surface area contributed by atoms with Crippen LogP contribution in [0.2, 0.25) is 0 Å². The van der Waals surface area contributed by atoms with Crippen molar-refractivity contribution in [2.75, 3.05) is 6.61 Å². The topological polar surface area (TPSA) is 57.5 Å². The molecular weight excluding hydrogens is 204 g/mol. The normalized spacial score (nSPS) is 13.8. The maximum absolute atomic E-state index is 11.1. The van der Waals surface area contributed by atoms with E-state index in [0.717, 1.165) is 38.5 Å². The van der Waals surface area contributed by atoms with Gasteiger partial charge >= 0.3 is 5.97 Å². The van der Waals surface area contributed by atoms with Gasteiger partial charge in [-0.05, 0) is 18.3 Å². The molecule has 0 rings (SSSR count). The lowest BCUT2D eigenvalue weighted by atomic mass is 9.70. The lowest BCUT2D eigenvalue weighted by molar-refractivity contribution is -0.149. The second-order valence-corrected chi connectivity index (χ2v) is 4.93. The first kappa shape index (κ1) is 15.4. The highest BCUT2D eigenvalue weighted by Gasteiger charge is 2.37. The van der Waals surface area contributed by atoms with Crippen LogP contribution in [-0.2, 0) is 4.79 Å². The zero-order valence-electron chi connectivity index (χ0n) is 10.8. The Hall–Kier alpha value is -0.570. The van der Waals surface area contributed by atoms with E-state index < -0.39 is 11.9 Å². The van der Waals surface area contributed by atoms with E-state index in [1.54, 1.807) is 0 Å². The van der Waals surface area contributed by atoms with Gasteiger partial charge in [-0.3, -0.25) is 4.79 Å². The first-order valence-electron chi connectivity index (χ1n) is 6.35. The lowest BCUT2D eigenvalue weighted by Crippen LogP contribution is -2.36. The minimum atomic E-state index is -0.864. The van der Waals surface area contributed by atoms with Gasteiger partial charge < -0.3 is 10.2 Å². The highest BCUT2D eigenvalue weighted by Crippen LogP contribution is 2.38. The second-order valence-electron chi connectivity index (χ2n) is 4.93. The molecule has 1 unspecified atom stereocenters. The predicted octanol–water partition coefficient (Wildman–Crippen LogP) is 3.07. The molecule has 0 saturated carbocycles. The van der Waals surface area contributed by atoms with Gasteiger partial charge in [0, 0.05) is 0 Å². The first-order chi connectivity index (χ1) is 7.51. The van der Waals surface area contributed by atoms with Gasteiger partial charge in [-0.25, -0.2) is 0 Å². The van der Waals surface area contributed by atoms with Gasteiger partial charge in [0.15, 0.2) is 0 Å². The number of aliphatic hydroxyl groups is 1. The molecule has 3 heteroatoms. The zero-order valence-corrected chi connectivity index (χ0v) is 10.8. The molecule has 0 saturated heterocycles. The molecule has 0 radical (unpaired) electrons. The molecule has 2 N–H and O–H groups in total. The molecular formula is C13H26O3. The second kappa shape index (κ2) is 7.66. The summed E-state index contributed by atoms with van der Waals surface area (Å²) in [4.78, 5) is 11.1. The molecule has 0 aromatic heterocycles. The van der Waals surface area contributed by atoms with Crippen molar-refractivity contribution in [2.24, 2.45) is 11.3 Å². The van der Waals surface area contributed by atoms with Gasteiger partial charge in [-0.1, -0.05) is 46.5 Å². The molecule has 0 aliphatic carbocycles. The van der Waals surface area contributed by atoms with Crippen LogP contribution in [0.5, 0.6) is 0 Å². The predicted molar refractivity (Wildman–Crippen MR) is 65.4 cm³/mol. The average molecular weight is 230 g/mol. The molecule has 3 nitrogen and oxygen atoms in total. The maximum atomic E-state index is 11.1. The molecule has 0 fully saturated rings. The molecule has 0 spiro atoms. The molecule has 0 bridgehead atoms. The molecule has 16 heavy (non-hydrogen) atoms.